The second-order valence-electron chi connectivity index (χ2n) is 5.53. The molecule has 1 N–H and O–H groups in total. The maximum atomic E-state index is 11.7. The van der Waals surface area contributed by atoms with E-state index in [1.807, 2.05) is 0 Å². The minimum absolute atomic E-state index is 0.0496. The average molecular weight is 453 g/mol. The molecule has 3 aromatic rings. The normalized spacial score (nSPS) is 11.4. The van der Waals surface area contributed by atoms with E-state index in [2.05, 4.69) is 10.2 Å². The molecule has 1 heterocycles. The van der Waals surface area contributed by atoms with Crippen LogP contribution in [0.15, 0.2) is 50.9 Å². The van der Waals surface area contributed by atoms with Crippen LogP contribution in [0.25, 0.3) is 17.5 Å². The number of carboxylic acids is 1. The SMILES string of the molecule is COc1cc(OC)cc(-c2nnc(S/C(=C\c3cccc(Cl)c3Cl)C(=O)O)o2)c1. The van der Waals surface area contributed by atoms with Crippen LogP contribution in [0.3, 0.4) is 0 Å². The Balaban J connectivity index is 1.90. The number of benzene rings is 2. The molecule has 0 atom stereocenters. The van der Waals surface area contributed by atoms with Crippen LogP contribution in [0, 0.1) is 0 Å². The fourth-order valence-electron chi connectivity index (χ4n) is 2.30. The van der Waals surface area contributed by atoms with E-state index < -0.39 is 5.97 Å². The Labute approximate surface area is 180 Å². The predicted molar refractivity (Wildman–Crippen MR) is 111 cm³/mol. The number of aliphatic carboxylic acids is 1. The van der Waals surface area contributed by atoms with Gasteiger partial charge in [0.2, 0.25) is 5.89 Å². The first-order valence-electron chi connectivity index (χ1n) is 8.05. The molecule has 2 aromatic carbocycles. The first-order valence-corrected chi connectivity index (χ1v) is 9.62. The number of thioether (sulfide) groups is 1. The Morgan fingerprint density at radius 1 is 1.14 bits per heavy atom. The van der Waals surface area contributed by atoms with Gasteiger partial charge in [-0.05, 0) is 41.6 Å². The molecule has 0 saturated carbocycles. The average Bonchev–Trinajstić information content (AvgIpc) is 3.19. The molecule has 0 fully saturated rings. The summed E-state index contributed by atoms with van der Waals surface area (Å²) in [6.07, 6.45) is 1.39. The van der Waals surface area contributed by atoms with Gasteiger partial charge in [0, 0.05) is 11.6 Å². The van der Waals surface area contributed by atoms with Crippen molar-refractivity contribution in [1.82, 2.24) is 10.2 Å². The van der Waals surface area contributed by atoms with E-state index in [-0.39, 0.29) is 21.0 Å². The molecule has 10 heteroatoms. The molecule has 3 rings (SSSR count). The minimum Gasteiger partial charge on any atom is -0.497 e. The molecule has 0 saturated heterocycles. The lowest BCUT2D eigenvalue weighted by Crippen LogP contribution is -1.97. The van der Waals surface area contributed by atoms with E-state index in [1.54, 1.807) is 36.4 Å². The van der Waals surface area contributed by atoms with Gasteiger partial charge < -0.3 is 19.0 Å². The molecule has 0 amide bonds. The van der Waals surface area contributed by atoms with E-state index in [9.17, 15) is 9.90 Å². The van der Waals surface area contributed by atoms with Gasteiger partial charge in [-0.15, -0.1) is 10.2 Å². The van der Waals surface area contributed by atoms with Crippen LogP contribution in [0.4, 0.5) is 0 Å². The summed E-state index contributed by atoms with van der Waals surface area (Å²) in [6, 6.07) is 10.0. The van der Waals surface area contributed by atoms with Crippen molar-refractivity contribution < 1.29 is 23.8 Å². The third-order valence-electron chi connectivity index (χ3n) is 3.68. The maximum Gasteiger partial charge on any atom is 0.342 e. The molecule has 0 bridgehead atoms. The lowest BCUT2D eigenvalue weighted by molar-refractivity contribution is -0.131. The standard InChI is InChI=1S/C19H14Cl2N2O5S/c1-26-12-6-11(7-13(9-12)27-2)17-22-23-19(28-17)29-15(18(24)25)8-10-4-3-5-14(20)16(10)21/h3-9H,1-2H3,(H,24,25)/b15-8-. The first kappa shape index (κ1) is 21.0. The number of nitrogens with zero attached hydrogens (tertiary/aromatic N) is 2. The predicted octanol–water partition coefficient (Wildman–Crippen LogP) is 5.28. The number of ether oxygens (including phenoxy) is 2. The zero-order valence-electron chi connectivity index (χ0n) is 15.2. The van der Waals surface area contributed by atoms with Gasteiger partial charge in [0.1, 0.15) is 16.4 Å². The van der Waals surface area contributed by atoms with Crippen molar-refractivity contribution in [3.05, 3.63) is 56.9 Å². The summed E-state index contributed by atoms with van der Waals surface area (Å²) in [5, 5.41) is 18.0. The molecule has 0 aliphatic heterocycles. The molecule has 0 spiro atoms. The third kappa shape index (κ3) is 5.03. The molecular weight excluding hydrogens is 439 g/mol. The highest BCUT2D eigenvalue weighted by Crippen LogP contribution is 2.34. The Bertz CT molecular complexity index is 1060. The van der Waals surface area contributed by atoms with Crippen molar-refractivity contribution in [2.45, 2.75) is 5.22 Å². The Morgan fingerprint density at radius 2 is 1.83 bits per heavy atom. The van der Waals surface area contributed by atoms with Gasteiger partial charge in [-0.25, -0.2) is 4.79 Å². The molecule has 29 heavy (non-hydrogen) atoms. The highest BCUT2D eigenvalue weighted by atomic mass is 35.5. The van der Waals surface area contributed by atoms with Crippen LogP contribution in [0.1, 0.15) is 5.56 Å². The van der Waals surface area contributed by atoms with Gasteiger partial charge in [-0.1, -0.05) is 35.3 Å². The Hall–Kier alpha value is -2.68. The summed E-state index contributed by atoms with van der Waals surface area (Å²) < 4.78 is 16.1. The molecule has 0 aliphatic rings. The molecule has 0 unspecified atom stereocenters. The zero-order chi connectivity index (χ0) is 21.0. The van der Waals surface area contributed by atoms with Crippen LogP contribution in [0.2, 0.25) is 10.0 Å². The summed E-state index contributed by atoms with van der Waals surface area (Å²) in [5.74, 6) is 0.117. The molecule has 0 radical (unpaired) electrons. The second kappa shape index (κ2) is 9.21. The van der Waals surface area contributed by atoms with E-state index in [4.69, 9.17) is 37.1 Å². The highest BCUT2D eigenvalue weighted by Gasteiger charge is 2.18. The van der Waals surface area contributed by atoms with Crippen LogP contribution in [-0.4, -0.2) is 35.5 Å². The van der Waals surface area contributed by atoms with Gasteiger partial charge >= 0.3 is 5.97 Å². The van der Waals surface area contributed by atoms with Crippen molar-refractivity contribution >= 4 is 47.0 Å². The summed E-state index contributed by atoms with van der Waals surface area (Å²) in [5.41, 5.74) is 1.03. The zero-order valence-corrected chi connectivity index (χ0v) is 17.5. The largest absolute Gasteiger partial charge is 0.497 e. The van der Waals surface area contributed by atoms with Crippen LogP contribution >= 0.6 is 35.0 Å². The fraction of sp³-hybridized carbons (Fsp3) is 0.105. The lowest BCUT2D eigenvalue weighted by Gasteiger charge is -2.05. The number of aromatic nitrogens is 2. The summed E-state index contributed by atoms with van der Waals surface area (Å²) >= 11 is 12.9. The quantitative estimate of drug-likeness (QED) is 0.382. The fourth-order valence-corrected chi connectivity index (χ4v) is 3.33. The van der Waals surface area contributed by atoms with E-state index in [1.165, 1.54) is 20.3 Å². The van der Waals surface area contributed by atoms with Crippen molar-refractivity contribution in [1.29, 1.82) is 0 Å². The summed E-state index contributed by atoms with van der Waals surface area (Å²) in [7, 11) is 3.05. The molecule has 150 valence electrons. The van der Waals surface area contributed by atoms with Crippen molar-refractivity contribution in [2.75, 3.05) is 14.2 Å². The number of carbonyl (C=O) groups is 1. The molecule has 1 aromatic heterocycles. The van der Waals surface area contributed by atoms with E-state index in [0.29, 0.717) is 27.6 Å². The highest BCUT2D eigenvalue weighted by molar-refractivity contribution is 8.03. The summed E-state index contributed by atoms with van der Waals surface area (Å²) in [4.78, 5) is 11.6. The smallest absolute Gasteiger partial charge is 0.342 e. The maximum absolute atomic E-state index is 11.7. The van der Waals surface area contributed by atoms with Gasteiger partial charge in [-0.3, -0.25) is 0 Å². The van der Waals surface area contributed by atoms with Crippen LogP contribution in [0.5, 0.6) is 11.5 Å². The first-order chi connectivity index (χ1) is 13.9. The van der Waals surface area contributed by atoms with Gasteiger partial charge in [0.25, 0.3) is 5.22 Å². The van der Waals surface area contributed by atoms with Crippen LogP contribution in [-0.2, 0) is 4.79 Å². The monoisotopic (exact) mass is 452 g/mol. The Kier molecular flexibility index (Phi) is 6.68. The number of rotatable bonds is 7. The Morgan fingerprint density at radius 3 is 2.45 bits per heavy atom. The molecular formula is C19H14Cl2N2O5S. The number of methoxy groups -OCH3 is 2. The van der Waals surface area contributed by atoms with E-state index >= 15 is 0 Å². The van der Waals surface area contributed by atoms with Crippen molar-refractivity contribution in [3.8, 4) is 23.0 Å². The van der Waals surface area contributed by atoms with Crippen LogP contribution < -0.4 is 9.47 Å². The van der Waals surface area contributed by atoms with E-state index in [0.717, 1.165) is 11.8 Å². The number of hydrogen-bond donors (Lipinski definition) is 1. The molecule has 0 aliphatic carbocycles. The lowest BCUT2D eigenvalue weighted by atomic mass is 10.2. The van der Waals surface area contributed by atoms with Crippen molar-refractivity contribution in [2.24, 2.45) is 0 Å². The minimum atomic E-state index is -1.17. The molecule has 7 nitrogen and oxygen atoms in total. The van der Waals surface area contributed by atoms with Crippen molar-refractivity contribution in [3.63, 3.8) is 0 Å². The second-order valence-corrected chi connectivity index (χ2v) is 7.31. The topological polar surface area (TPSA) is 94.7 Å². The number of hydrogen-bond acceptors (Lipinski definition) is 7. The van der Waals surface area contributed by atoms with Gasteiger partial charge in [0.15, 0.2) is 0 Å². The number of carboxylic acid groups (broad SMARTS) is 1. The summed E-state index contributed by atoms with van der Waals surface area (Å²) in [6.45, 7) is 0. The number of halogens is 2. The third-order valence-corrected chi connectivity index (χ3v) is 5.37. The van der Waals surface area contributed by atoms with Gasteiger partial charge in [-0.2, -0.15) is 0 Å². The van der Waals surface area contributed by atoms with Gasteiger partial charge in [0.05, 0.1) is 24.3 Å².